The van der Waals surface area contributed by atoms with Crippen molar-refractivity contribution in [2.45, 2.75) is 57.9 Å². The lowest BCUT2D eigenvalue weighted by Gasteiger charge is -2.35. The molecule has 1 saturated carbocycles. The van der Waals surface area contributed by atoms with Gasteiger partial charge < -0.3 is 15.1 Å². The van der Waals surface area contributed by atoms with E-state index in [1.54, 1.807) is 0 Å². The zero-order chi connectivity index (χ0) is 14.4. The van der Waals surface area contributed by atoms with E-state index in [0.717, 1.165) is 25.7 Å². The van der Waals surface area contributed by atoms with Gasteiger partial charge in [-0.2, -0.15) is 0 Å². The van der Waals surface area contributed by atoms with Gasteiger partial charge in [0.2, 0.25) is 5.91 Å². The number of unbranched alkanes of at least 4 members (excludes halogenated alkanes) is 1. The molecular weight excluding hydrogens is 254 g/mol. The predicted octanol–water partition coefficient (Wildman–Crippen LogP) is 1.97. The highest BCUT2D eigenvalue weighted by Crippen LogP contribution is 2.18. The van der Waals surface area contributed by atoms with Crippen molar-refractivity contribution in [3.8, 4) is 0 Å². The van der Waals surface area contributed by atoms with E-state index in [1.807, 2.05) is 9.80 Å². The zero-order valence-corrected chi connectivity index (χ0v) is 12.6. The molecule has 1 aliphatic heterocycles. The van der Waals surface area contributed by atoms with Gasteiger partial charge >= 0.3 is 6.03 Å². The van der Waals surface area contributed by atoms with Crippen LogP contribution in [-0.4, -0.2) is 54.0 Å². The third-order valence-corrected chi connectivity index (χ3v) is 4.35. The molecule has 2 fully saturated rings. The second kappa shape index (κ2) is 7.50. The first kappa shape index (κ1) is 15.1. The van der Waals surface area contributed by atoms with E-state index >= 15 is 0 Å². The summed E-state index contributed by atoms with van der Waals surface area (Å²) in [6, 6.07) is 0.421. The molecule has 20 heavy (non-hydrogen) atoms. The molecule has 0 unspecified atom stereocenters. The molecule has 1 saturated heterocycles. The molecule has 3 amide bonds. The summed E-state index contributed by atoms with van der Waals surface area (Å²) in [5.41, 5.74) is 0. The topological polar surface area (TPSA) is 52.7 Å². The molecule has 0 aromatic rings. The number of amides is 3. The normalized spacial score (nSPS) is 20.2. The summed E-state index contributed by atoms with van der Waals surface area (Å²) >= 11 is 0. The van der Waals surface area contributed by atoms with Gasteiger partial charge in [-0.3, -0.25) is 4.79 Å². The number of rotatable bonds is 4. The second-order valence-corrected chi connectivity index (χ2v) is 5.90. The smallest absolute Gasteiger partial charge is 0.317 e. The Morgan fingerprint density at radius 2 is 1.65 bits per heavy atom. The highest BCUT2D eigenvalue weighted by Gasteiger charge is 2.25. The van der Waals surface area contributed by atoms with Crippen molar-refractivity contribution in [2.24, 2.45) is 0 Å². The maximum atomic E-state index is 12.1. The monoisotopic (exact) mass is 281 g/mol. The van der Waals surface area contributed by atoms with Crippen molar-refractivity contribution < 1.29 is 9.59 Å². The standard InChI is InChI=1S/C15H27N3O2/c1-2-3-8-14(19)17-9-11-18(12-10-17)15(20)16-13-6-4-5-7-13/h13H,2-12H2,1H3,(H,16,20). The minimum absolute atomic E-state index is 0.0533. The van der Waals surface area contributed by atoms with Gasteiger partial charge in [-0.1, -0.05) is 26.2 Å². The molecule has 0 atom stereocenters. The molecule has 0 aromatic carbocycles. The van der Waals surface area contributed by atoms with Gasteiger partial charge in [-0.05, 0) is 19.3 Å². The minimum atomic E-state index is 0.0533. The van der Waals surface area contributed by atoms with Crippen LogP contribution in [0.1, 0.15) is 51.9 Å². The maximum Gasteiger partial charge on any atom is 0.317 e. The summed E-state index contributed by atoms with van der Waals surface area (Å²) in [6.45, 7) is 4.78. The van der Waals surface area contributed by atoms with Crippen LogP contribution in [0.2, 0.25) is 0 Å². The van der Waals surface area contributed by atoms with E-state index in [9.17, 15) is 9.59 Å². The molecule has 1 aliphatic carbocycles. The molecule has 5 heteroatoms. The predicted molar refractivity (Wildman–Crippen MR) is 78.5 cm³/mol. The first-order chi connectivity index (χ1) is 9.70. The second-order valence-electron chi connectivity index (χ2n) is 5.90. The molecule has 0 bridgehead atoms. The average molecular weight is 281 g/mol. The van der Waals surface area contributed by atoms with Crippen LogP contribution in [0.4, 0.5) is 4.79 Å². The lowest BCUT2D eigenvalue weighted by molar-refractivity contribution is -0.132. The summed E-state index contributed by atoms with van der Waals surface area (Å²) in [5, 5.41) is 3.11. The fraction of sp³-hybridized carbons (Fsp3) is 0.867. The average Bonchev–Trinajstić information content (AvgIpc) is 2.97. The van der Waals surface area contributed by atoms with Crippen LogP contribution >= 0.6 is 0 Å². The molecule has 2 aliphatic rings. The van der Waals surface area contributed by atoms with Crippen molar-refractivity contribution >= 4 is 11.9 Å². The molecule has 114 valence electrons. The van der Waals surface area contributed by atoms with Gasteiger partial charge in [0.05, 0.1) is 0 Å². The van der Waals surface area contributed by atoms with Crippen LogP contribution in [0, 0.1) is 0 Å². The fourth-order valence-electron chi connectivity index (χ4n) is 2.98. The summed E-state index contributed by atoms with van der Waals surface area (Å²) in [4.78, 5) is 27.8. The fourth-order valence-corrected chi connectivity index (χ4v) is 2.98. The molecule has 0 aromatic heterocycles. The summed E-state index contributed by atoms with van der Waals surface area (Å²) in [7, 11) is 0. The Hall–Kier alpha value is -1.26. The molecule has 1 N–H and O–H groups in total. The van der Waals surface area contributed by atoms with E-state index in [-0.39, 0.29) is 11.9 Å². The van der Waals surface area contributed by atoms with Crippen molar-refractivity contribution in [1.29, 1.82) is 0 Å². The van der Waals surface area contributed by atoms with Crippen molar-refractivity contribution in [3.63, 3.8) is 0 Å². The Balaban J connectivity index is 1.70. The van der Waals surface area contributed by atoms with Gasteiger partial charge in [0.15, 0.2) is 0 Å². The van der Waals surface area contributed by atoms with Crippen LogP contribution in [0.25, 0.3) is 0 Å². The Kier molecular flexibility index (Phi) is 5.68. The summed E-state index contributed by atoms with van der Waals surface area (Å²) < 4.78 is 0. The number of hydrogen-bond acceptors (Lipinski definition) is 2. The highest BCUT2D eigenvalue weighted by molar-refractivity contribution is 5.77. The minimum Gasteiger partial charge on any atom is -0.339 e. The van der Waals surface area contributed by atoms with E-state index in [0.29, 0.717) is 38.6 Å². The number of hydrogen-bond donors (Lipinski definition) is 1. The molecule has 0 spiro atoms. The van der Waals surface area contributed by atoms with E-state index in [1.165, 1.54) is 12.8 Å². The number of piperazine rings is 1. The zero-order valence-electron chi connectivity index (χ0n) is 12.6. The first-order valence-electron chi connectivity index (χ1n) is 8.04. The molecular formula is C15H27N3O2. The first-order valence-corrected chi connectivity index (χ1v) is 8.04. The Morgan fingerprint density at radius 1 is 1.05 bits per heavy atom. The number of nitrogens with zero attached hydrogens (tertiary/aromatic N) is 2. The Bertz CT molecular complexity index is 332. The largest absolute Gasteiger partial charge is 0.339 e. The number of urea groups is 1. The Labute approximate surface area is 121 Å². The maximum absolute atomic E-state index is 12.1. The van der Waals surface area contributed by atoms with Gasteiger partial charge in [0, 0.05) is 38.6 Å². The van der Waals surface area contributed by atoms with Crippen molar-refractivity contribution in [2.75, 3.05) is 26.2 Å². The van der Waals surface area contributed by atoms with Gasteiger partial charge in [0.25, 0.3) is 0 Å². The highest BCUT2D eigenvalue weighted by atomic mass is 16.2. The van der Waals surface area contributed by atoms with Crippen molar-refractivity contribution in [3.05, 3.63) is 0 Å². The van der Waals surface area contributed by atoms with Crippen LogP contribution in [0.3, 0.4) is 0 Å². The van der Waals surface area contributed by atoms with Crippen molar-refractivity contribution in [1.82, 2.24) is 15.1 Å². The third-order valence-electron chi connectivity index (χ3n) is 4.35. The lowest BCUT2D eigenvalue weighted by atomic mass is 10.2. The van der Waals surface area contributed by atoms with Crippen LogP contribution < -0.4 is 5.32 Å². The number of nitrogens with one attached hydrogen (secondary N) is 1. The van der Waals surface area contributed by atoms with E-state index in [2.05, 4.69) is 12.2 Å². The molecule has 5 nitrogen and oxygen atoms in total. The number of carbonyl (C=O) groups excluding carboxylic acids is 2. The van der Waals surface area contributed by atoms with Crippen LogP contribution in [-0.2, 0) is 4.79 Å². The molecule has 1 heterocycles. The SMILES string of the molecule is CCCCC(=O)N1CCN(C(=O)NC2CCCC2)CC1. The van der Waals surface area contributed by atoms with Gasteiger partial charge in [0.1, 0.15) is 0 Å². The third kappa shape index (κ3) is 4.12. The van der Waals surface area contributed by atoms with E-state index < -0.39 is 0 Å². The summed E-state index contributed by atoms with van der Waals surface area (Å²) in [6.07, 6.45) is 7.33. The Morgan fingerprint density at radius 3 is 2.25 bits per heavy atom. The quantitative estimate of drug-likeness (QED) is 0.856. The lowest BCUT2D eigenvalue weighted by Crippen LogP contribution is -2.54. The van der Waals surface area contributed by atoms with Crippen LogP contribution in [0.5, 0.6) is 0 Å². The molecule has 0 radical (unpaired) electrons. The molecule has 2 rings (SSSR count). The van der Waals surface area contributed by atoms with Gasteiger partial charge in [-0.15, -0.1) is 0 Å². The number of carbonyl (C=O) groups is 2. The summed E-state index contributed by atoms with van der Waals surface area (Å²) in [5.74, 6) is 0.239. The van der Waals surface area contributed by atoms with Gasteiger partial charge in [-0.25, -0.2) is 4.79 Å². The van der Waals surface area contributed by atoms with Crippen LogP contribution in [0.15, 0.2) is 0 Å². The van der Waals surface area contributed by atoms with E-state index in [4.69, 9.17) is 0 Å².